The highest BCUT2D eigenvalue weighted by molar-refractivity contribution is 6.30. The summed E-state index contributed by atoms with van der Waals surface area (Å²) < 4.78 is 0. The van der Waals surface area contributed by atoms with Crippen LogP contribution in [0.2, 0.25) is 5.02 Å². The van der Waals surface area contributed by atoms with Crippen molar-refractivity contribution in [3.63, 3.8) is 0 Å². The van der Waals surface area contributed by atoms with Gasteiger partial charge >= 0.3 is 0 Å². The number of rotatable bonds is 8. The first-order chi connectivity index (χ1) is 12.9. The summed E-state index contributed by atoms with van der Waals surface area (Å²) in [5.74, 6) is -0.712. The van der Waals surface area contributed by atoms with Gasteiger partial charge in [-0.2, -0.15) is 0 Å². The molecule has 6 nitrogen and oxygen atoms in total. The Morgan fingerprint density at radius 2 is 1.82 bits per heavy atom. The maximum atomic E-state index is 12.2. The van der Waals surface area contributed by atoms with Gasteiger partial charge in [0, 0.05) is 17.1 Å². The summed E-state index contributed by atoms with van der Waals surface area (Å²) in [5.41, 5.74) is 7.52. The third-order valence-electron chi connectivity index (χ3n) is 4.17. The van der Waals surface area contributed by atoms with Crippen molar-refractivity contribution in [1.29, 1.82) is 0 Å². The van der Waals surface area contributed by atoms with Crippen molar-refractivity contribution in [2.75, 3.05) is 0 Å². The molecule has 2 aromatic rings. The van der Waals surface area contributed by atoms with Crippen LogP contribution in [0.1, 0.15) is 24.5 Å². The van der Waals surface area contributed by atoms with Crippen molar-refractivity contribution in [3.05, 3.63) is 64.7 Å². The maximum absolute atomic E-state index is 12.2. The highest BCUT2D eigenvalue weighted by Gasteiger charge is 2.20. The zero-order chi connectivity index (χ0) is 19.8. The molecule has 0 radical (unpaired) electrons. The van der Waals surface area contributed by atoms with Crippen LogP contribution in [0.25, 0.3) is 0 Å². The lowest BCUT2D eigenvalue weighted by atomic mass is 10.1. The first-order valence-electron chi connectivity index (χ1n) is 8.72. The molecule has 5 N–H and O–H groups in total. The molecule has 2 aromatic carbocycles. The van der Waals surface area contributed by atoms with Gasteiger partial charge in [-0.3, -0.25) is 9.59 Å². The summed E-state index contributed by atoms with van der Waals surface area (Å²) in [6.45, 7) is 1.68. The predicted molar refractivity (Wildman–Crippen MR) is 113 cm³/mol. The van der Waals surface area contributed by atoms with Gasteiger partial charge in [0.1, 0.15) is 11.8 Å². The largest absolute Gasteiger partial charge is 0.508 e. The molecule has 0 heterocycles. The first kappa shape index (κ1) is 23.8. The Labute approximate surface area is 175 Å². The Morgan fingerprint density at radius 3 is 2.50 bits per heavy atom. The number of aryl methyl sites for hydroxylation is 1. The smallest absolute Gasteiger partial charge is 0.242 e. The van der Waals surface area contributed by atoms with Gasteiger partial charge in [-0.1, -0.05) is 41.9 Å². The molecule has 0 aliphatic carbocycles. The molecule has 0 aliphatic heterocycles. The highest BCUT2D eigenvalue weighted by Crippen LogP contribution is 2.21. The van der Waals surface area contributed by atoms with Gasteiger partial charge in [0.25, 0.3) is 0 Å². The maximum Gasteiger partial charge on any atom is 0.242 e. The van der Waals surface area contributed by atoms with E-state index in [1.54, 1.807) is 19.1 Å². The lowest BCUT2D eigenvalue weighted by Gasteiger charge is -2.17. The minimum Gasteiger partial charge on any atom is -0.508 e. The number of aromatic hydroxyl groups is 1. The van der Waals surface area contributed by atoms with Crippen molar-refractivity contribution in [2.24, 2.45) is 5.73 Å². The molecule has 0 aliphatic rings. The van der Waals surface area contributed by atoms with Crippen LogP contribution in [-0.4, -0.2) is 29.0 Å². The molecule has 2 unspecified atom stereocenters. The second-order valence-corrected chi connectivity index (χ2v) is 6.79. The molecule has 0 spiro atoms. The van der Waals surface area contributed by atoms with Gasteiger partial charge in [0.2, 0.25) is 11.8 Å². The number of carbonyl (C=O) groups is 2. The molecule has 152 valence electrons. The van der Waals surface area contributed by atoms with Crippen LogP contribution in [0.4, 0.5) is 0 Å². The van der Waals surface area contributed by atoms with Crippen LogP contribution in [0.5, 0.6) is 5.75 Å². The summed E-state index contributed by atoms with van der Waals surface area (Å²) >= 11 is 5.88. The van der Waals surface area contributed by atoms with Crippen molar-refractivity contribution in [1.82, 2.24) is 10.6 Å². The fraction of sp³-hybridized carbons (Fsp3) is 0.300. The van der Waals surface area contributed by atoms with Crippen LogP contribution in [0.15, 0.2) is 48.5 Å². The topological polar surface area (TPSA) is 104 Å². The molecule has 8 heteroatoms. The third-order valence-corrected chi connectivity index (χ3v) is 4.41. The number of carbonyl (C=O) groups excluding carboxylic acids is 2. The van der Waals surface area contributed by atoms with Crippen molar-refractivity contribution >= 4 is 35.8 Å². The number of hydrogen-bond donors (Lipinski definition) is 4. The molecule has 28 heavy (non-hydrogen) atoms. The summed E-state index contributed by atoms with van der Waals surface area (Å²) in [5, 5.41) is 15.5. The third kappa shape index (κ3) is 7.38. The van der Waals surface area contributed by atoms with E-state index in [9.17, 15) is 14.7 Å². The zero-order valence-electron chi connectivity index (χ0n) is 15.5. The van der Waals surface area contributed by atoms with Crippen molar-refractivity contribution in [2.45, 2.75) is 38.4 Å². The van der Waals surface area contributed by atoms with Gasteiger partial charge in [0.15, 0.2) is 0 Å². The molecule has 0 saturated carbocycles. The number of halogens is 2. The Kier molecular flexibility index (Phi) is 9.79. The number of phenols is 1. The average Bonchev–Trinajstić information content (AvgIpc) is 2.67. The fourth-order valence-electron chi connectivity index (χ4n) is 2.52. The van der Waals surface area contributed by atoms with Gasteiger partial charge in [-0.25, -0.2) is 0 Å². The number of nitrogens with two attached hydrogens (primary N) is 1. The minimum atomic E-state index is -0.749. The monoisotopic (exact) mass is 425 g/mol. The van der Waals surface area contributed by atoms with Crippen LogP contribution in [0, 0.1) is 0 Å². The number of phenolic OH excluding ortho intramolecular Hbond substituents is 1. The van der Waals surface area contributed by atoms with E-state index >= 15 is 0 Å². The second-order valence-electron chi connectivity index (χ2n) is 6.35. The van der Waals surface area contributed by atoms with E-state index < -0.39 is 12.1 Å². The molecule has 0 fully saturated rings. The highest BCUT2D eigenvalue weighted by atomic mass is 35.5. The van der Waals surface area contributed by atoms with E-state index in [0.29, 0.717) is 23.4 Å². The van der Waals surface area contributed by atoms with Crippen LogP contribution in [-0.2, 0) is 22.6 Å². The lowest BCUT2D eigenvalue weighted by molar-refractivity contribution is -0.129. The number of nitrogens with one attached hydrogen (secondary N) is 2. The fourth-order valence-corrected chi connectivity index (χ4v) is 2.71. The molecule has 0 saturated heterocycles. The molecule has 2 rings (SSSR count). The Bertz CT molecular complexity index is 788. The van der Waals surface area contributed by atoms with Crippen LogP contribution < -0.4 is 16.4 Å². The Balaban J connectivity index is 0.00000392. The van der Waals surface area contributed by atoms with Crippen molar-refractivity contribution in [3.8, 4) is 5.75 Å². The summed E-state index contributed by atoms with van der Waals surface area (Å²) in [7, 11) is 0. The number of hydrogen-bond acceptors (Lipinski definition) is 4. The van der Waals surface area contributed by atoms with Gasteiger partial charge in [-0.05, 0) is 43.5 Å². The van der Waals surface area contributed by atoms with E-state index in [1.165, 1.54) is 6.07 Å². The number of amides is 2. The Hall–Kier alpha value is -2.28. The van der Waals surface area contributed by atoms with Crippen LogP contribution in [0.3, 0.4) is 0 Å². The standard InChI is InChI=1S/C20H24ClN3O3.ClH/c1-13(19(26)23-12-15-11-16(21)8-10-18(15)25)24-20(27)17(22)9-7-14-5-3-2-4-6-14;/h2-6,8,10-11,13,17,25H,7,9,12,22H2,1H3,(H,23,26)(H,24,27);1H. The van der Waals surface area contributed by atoms with Gasteiger partial charge in [0.05, 0.1) is 6.04 Å². The minimum absolute atomic E-state index is 0. The molecule has 2 amide bonds. The Morgan fingerprint density at radius 1 is 1.14 bits per heavy atom. The van der Waals surface area contributed by atoms with E-state index in [4.69, 9.17) is 17.3 Å². The SMILES string of the molecule is CC(NC(=O)C(N)CCc1ccccc1)C(=O)NCc1cc(Cl)ccc1O.Cl. The van der Waals surface area contributed by atoms with Crippen molar-refractivity contribution < 1.29 is 14.7 Å². The average molecular weight is 426 g/mol. The molecular formula is C20H25Cl2N3O3. The normalized spacial score (nSPS) is 12.4. The zero-order valence-corrected chi connectivity index (χ0v) is 17.1. The summed E-state index contributed by atoms with van der Waals surface area (Å²) in [6.07, 6.45) is 1.17. The molecule has 2 atom stereocenters. The van der Waals surface area contributed by atoms with Gasteiger partial charge in [-0.15, -0.1) is 12.4 Å². The summed E-state index contributed by atoms with van der Waals surface area (Å²) in [4.78, 5) is 24.3. The van der Waals surface area contributed by atoms with E-state index in [0.717, 1.165) is 5.56 Å². The second kappa shape index (κ2) is 11.5. The first-order valence-corrected chi connectivity index (χ1v) is 9.09. The molecule has 0 bridgehead atoms. The molecular weight excluding hydrogens is 401 g/mol. The van der Waals surface area contributed by atoms with E-state index in [1.807, 2.05) is 30.3 Å². The predicted octanol–water partition coefficient (Wildman–Crippen LogP) is 2.55. The lowest BCUT2D eigenvalue weighted by Crippen LogP contribution is -2.50. The number of benzene rings is 2. The van der Waals surface area contributed by atoms with E-state index in [2.05, 4.69) is 10.6 Å². The molecule has 0 aromatic heterocycles. The van der Waals surface area contributed by atoms with Crippen LogP contribution >= 0.6 is 24.0 Å². The quantitative estimate of drug-likeness (QED) is 0.521. The van der Waals surface area contributed by atoms with E-state index in [-0.39, 0.29) is 36.5 Å². The van der Waals surface area contributed by atoms with Gasteiger partial charge < -0.3 is 21.5 Å². The summed E-state index contributed by atoms with van der Waals surface area (Å²) in [6, 6.07) is 12.9.